The SMILES string of the molecule is C=CC1CCCC(/C=C\c2ccccc2)O1. The average molecular weight is 214 g/mol. The molecule has 16 heavy (non-hydrogen) atoms. The van der Waals surface area contributed by atoms with E-state index >= 15 is 0 Å². The van der Waals surface area contributed by atoms with Crippen LogP contribution < -0.4 is 0 Å². The van der Waals surface area contributed by atoms with Crippen molar-refractivity contribution in [3.63, 3.8) is 0 Å². The Balaban J connectivity index is 1.94. The summed E-state index contributed by atoms with van der Waals surface area (Å²) in [5, 5.41) is 0. The molecule has 0 radical (unpaired) electrons. The van der Waals surface area contributed by atoms with E-state index in [0.717, 1.165) is 12.8 Å². The lowest BCUT2D eigenvalue weighted by molar-refractivity contribution is 0.00253. The quantitative estimate of drug-likeness (QED) is 0.695. The Morgan fingerprint density at radius 2 is 1.88 bits per heavy atom. The van der Waals surface area contributed by atoms with Crippen LogP contribution in [0.25, 0.3) is 6.08 Å². The maximum atomic E-state index is 5.85. The van der Waals surface area contributed by atoms with Crippen LogP contribution in [0, 0.1) is 0 Å². The van der Waals surface area contributed by atoms with Crippen molar-refractivity contribution < 1.29 is 4.74 Å². The van der Waals surface area contributed by atoms with Gasteiger partial charge in [-0.05, 0) is 24.8 Å². The molecule has 2 rings (SSSR count). The number of hydrogen-bond donors (Lipinski definition) is 0. The largest absolute Gasteiger partial charge is 0.367 e. The van der Waals surface area contributed by atoms with E-state index in [1.165, 1.54) is 12.0 Å². The van der Waals surface area contributed by atoms with Gasteiger partial charge < -0.3 is 4.74 Å². The summed E-state index contributed by atoms with van der Waals surface area (Å²) >= 11 is 0. The van der Waals surface area contributed by atoms with Crippen LogP contribution in [-0.2, 0) is 4.74 Å². The fourth-order valence-corrected chi connectivity index (χ4v) is 1.98. The van der Waals surface area contributed by atoms with E-state index in [2.05, 4.69) is 30.9 Å². The second-order valence-electron chi connectivity index (χ2n) is 4.15. The van der Waals surface area contributed by atoms with Gasteiger partial charge in [-0.3, -0.25) is 0 Å². The zero-order valence-electron chi connectivity index (χ0n) is 9.51. The highest BCUT2D eigenvalue weighted by molar-refractivity contribution is 5.49. The smallest absolute Gasteiger partial charge is 0.0767 e. The Hall–Kier alpha value is -1.34. The van der Waals surface area contributed by atoms with Crippen molar-refractivity contribution in [2.75, 3.05) is 0 Å². The average Bonchev–Trinajstić information content (AvgIpc) is 2.38. The molecule has 1 fully saturated rings. The Morgan fingerprint density at radius 3 is 2.62 bits per heavy atom. The summed E-state index contributed by atoms with van der Waals surface area (Å²) in [7, 11) is 0. The van der Waals surface area contributed by atoms with Crippen molar-refractivity contribution in [1.29, 1.82) is 0 Å². The standard InChI is InChI=1S/C15H18O/c1-2-14-9-6-10-15(16-14)12-11-13-7-4-3-5-8-13/h2-5,7-8,11-12,14-15H,1,6,9-10H2/b12-11-. The lowest BCUT2D eigenvalue weighted by atomic mass is 10.0. The lowest BCUT2D eigenvalue weighted by Crippen LogP contribution is -2.24. The van der Waals surface area contributed by atoms with Crippen LogP contribution >= 0.6 is 0 Å². The Bertz CT molecular complexity index is 353. The van der Waals surface area contributed by atoms with Crippen molar-refractivity contribution in [3.8, 4) is 0 Å². The summed E-state index contributed by atoms with van der Waals surface area (Å²) in [5.74, 6) is 0. The molecule has 0 spiro atoms. The minimum atomic E-state index is 0.235. The summed E-state index contributed by atoms with van der Waals surface area (Å²) in [6.45, 7) is 3.79. The Morgan fingerprint density at radius 1 is 1.12 bits per heavy atom. The molecule has 1 nitrogen and oxygen atoms in total. The topological polar surface area (TPSA) is 9.23 Å². The molecule has 0 N–H and O–H groups in total. The first-order valence-electron chi connectivity index (χ1n) is 5.90. The van der Waals surface area contributed by atoms with E-state index in [0.29, 0.717) is 0 Å². The number of ether oxygens (including phenoxy) is 1. The van der Waals surface area contributed by atoms with E-state index in [4.69, 9.17) is 4.74 Å². The molecule has 84 valence electrons. The molecule has 2 atom stereocenters. The fraction of sp³-hybridized carbons (Fsp3) is 0.333. The highest BCUT2D eigenvalue weighted by atomic mass is 16.5. The number of rotatable bonds is 3. The molecule has 2 unspecified atom stereocenters. The molecule has 1 aliphatic heterocycles. The third-order valence-corrected chi connectivity index (χ3v) is 2.89. The first-order chi connectivity index (χ1) is 7.88. The molecule has 0 saturated carbocycles. The van der Waals surface area contributed by atoms with Gasteiger partial charge in [-0.25, -0.2) is 0 Å². The van der Waals surface area contributed by atoms with Crippen molar-refractivity contribution in [3.05, 3.63) is 54.6 Å². The van der Waals surface area contributed by atoms with E-state index < -0.39 is 0 Å². The normalized spacial score (nSPS) is 25.8. The fourth-order valence-electron chi connectivity index (χ4n) is 1.98. The van der Waals surface area contributed by atoms with Gasteiger partial charge in [-0.2, -0.15) is 0 Å². The molecule has 0 amide bonds. The van der Waals surface area contributed by atoms with Gasteiger partial charge in [0.25, 0.3) is 0 Å². The molecule has 0 aliphatic carbocycles. The van der Waals surface area contributed by atoms with E-state index in [9.17, 15) is 0 Å². The Labute approximate surface area is 97.4 Å². The van der Waals surface area contributed by atoms with Gasteiger partial charge >= 0.3 is 0 Å². The highest BCUT2D eigenvalue weighted by Crippen LogP contribution is 2.21. The molecular weight excluding hydrogens is 196 g/mol. The molecular formula is C15H18O. The van der Waals surface area contributed by atoms with Crippen molar-refractivity contribution in [1.82, 2.24) is 0 Å². The van der Waals surface area contributed by atoms with Crippen LogP contribution in [0.5, 0.6) is 0 Å². The summed E-state index contributed by atoms with van der Waals surface area (Å²) in [4.78, 5) is 0. The maximum absolute atomic E-state index is 5.85. The van der Waals surface area contributed by atoms with Crippen molar-refractivity contribution in [2.45, 2.75) is 31.5 Å². The monoisotopic (exact) mass is 214 g/mol. The van der Waals surface area contributed by atoms with Gasteiger partial charge in [0, 0.05) is 0 Å². The molecule has 0 aromatic heterocycles. The third kappa shape index (κ3) is 3.07. The van der Waals surface area contributed by atoms with Crippen molar-refractivity contribution in [2.24, 2.45) is 0 Å². The highest BCUT2D eigenvalue weighted by Gasteiger charge is 2.17. The molecule has 1 aromatic rings. The van der Waals surface area contributed by atoms with E-state index in [1.54, 1.807) is 0 Å². The van der Waals surface area contributed by atoms with E-state index in [1.807, 2.05) is 24.3 Å². The van der Waals surface area contributed by atoms with Crippen molar-refractivity contribution >= 4 is 6.08 Å². The van der Waals surface area contributed by atoms with Crippen LogP contribution in [0.1, 0.15) is 24.8 Å². The summed E-state index contributed by atoms with van der Waals surface area (Å²) < 4.78 is 5.85. The van der Waals surface area contributed by atoms with Crippen LogP contribution in [-0.4, -0.2) is 12.2 Å². The van der Waals surface area contributed by atoms with Crippen LogP contribution in [0.15, 0.2) is 49.1 Å². The maximum Gasteiger partial charge on any atom is 0.0767 e. The minimum absolute atomic E-state index is 0.235. The van der Waals surface area contributed by atoms with Crippen LogP contribution in [0.4, 0.5) is 0 Å². The van der Waals surface area contributed by atoms with Gasteiger partial charge in [-0.1, -0.05) is 48.6 Å². The predicted octanol–water partition coefficient (Wildman–Crippen LogP) is 3.82. The summed E-state index contributed by atoms with van der Waals surface area (Å²) in [6.07, 6.45) is 10.1. The lowest BCUT2D eigenvalue weighted by Gasteiger charge is -2.26. The second-order valence-corrected chi connectivity index (χ2v) is 4.15. The van der Waals surface area contributed by atoms with Gasteiger partial charge in [-0.15, -0.1) is 6.58 Å². The van der Waals surface area contributed by atoms with Gasteiger partial charge in [0.15, 0.2) is 0 Å². The number of hydrogen-bond acceptors (Lipinski definition) is 1. The van der Waals surface area contributed by atoms with Gasteiger partial charge in [0.1, 0.15) is 0 Å². The molecule has 0 bridgehead atoms. The molecule has 1 heterocycles. The Kier molecular flexibility index (Phi) is 3.95. The van der Waals surface area contributed by atoms with Gasteiger partial charge in [0.05, 0.1) is 12.2 Å². The first-order valence-corrected chi connectivity index (χ1v) is 5.90. The summed E-state index contributed by atoms with van der Waals surface area (Å²) in [5.41, 5.74) is 1.23. The molecule has 1 saturated heterocycles. The minimum Gasteiger partial charge on any atom is -0.367 e. The third-order valence-electron chi connectivity index (χ3n) is 2.89. The van der Waals surface area contributed by atoms with Crippen LogP contribution in [0.2, 0.25) is 0 Å². The molecule has 1 aromatic carbocycles. The second kappa shape index (κ2) is 5.66. The number of benzene rings is 1. The zero-order chi connectivity index (χ0) is 11.2. The zero-order valence-corrected chi connectivity index (χ0v) is 9.51. The summed E-state index contributed by atoms with van der Waals surface area (Å²) in [6, 6.07) is 10.3. The molecule has 1 heteroatoms. The van der Waals surface area contributed by atoms with E-state index in [-0.39, 0.29) is 12.2 Å². The molecule has 1 aliphatic rings. The van der Waals surface area contributed by atoms with Gasteiger partial charge in [0.2, 0.25) is 0 Å². The predicted molar refractivity (Wildman–Crippen MR) is 68.2 cm³/mol. The van der Waals surface area contributed by atoms with Crippen LogP contribution in [0.3, 0.4) is 0 Å². The first kappa shape index (κ1) is 11.2.